The molecule has 6 rings (SSSR count). The first kappa shape index (κ1) is 46.4. The Kier molecular flexibility index (Phi) is 16.8. The topological polar surface area (TPSA) is 229 Å². The van der Waals surface area contributed by atoms with Crippen molar-refractivity contribution in [1.29, 1.82) is 0 Å². The van der Waals surface area contributed by atoms with Crippen LogP contribution < -0.4 is 26.6 Å². The molecule has 336 valence electrons. The molecular formula is C41H65N7O10S2. The summed E-state index contributed by atoms with van der Waals surface area (Å²) >= 11 is 1.67. The maximum Gasteiger partial charge on any atom is 0.249 e. The highest BCUT2D eigenvalue weighted by Crippen LogP contribution is 2.41. The first-order valence-corrected chi connectivity index (χ1v) is 25.2. The molecule has 0 aromatic carbocycles. The summed E-state index contributed by atoms with van der Waals surface area (Å²) in [4.78, 5) is 91.1. The third kappa shape index (κ3) is 12.3. The van der Waals surface area contributed by atoms with Crippen LogP contribution in [-0.4, -0.2) is 127 Å². The van der Waals surface area contributed by atoms with Crippen molar-refractivity contribution < 1.29 is 46.7 Å². The highest BCUT2D eigenvalue weighted by molar-refractivity contribution is 8.00. The van der Waals surface area contributed by atoms with E-state index in [0.29, 0.717) is 76.5 Å². The van der Waals surface area contributed by atoms with E-state index in [4.69, 9.17) is 4.74 Å². The summed E-state index contributed by atoms with van der Waals surface area (Å²) in [6.45, 7) is 1.24. The lowest BCUT2D eigenvalue weighted by atomic mass is 9.79. The highest BCUT2D eigenvalue weighted by atomic mass is 32.2. The number of sulfonamides is 1. The molecule has 0 radical (unpaired) electrons. The molecule has 0 aromatic rings. The summed E-state index contributed by atoms with van der Waals surface area (Å²) in [5.74, 6) is -2.47. The van der Waals surface area contributed by atoms with E-state index in [1.807, 2.05) is 0 Å². The zero-order chi connectivity index (χ0) is 42.8. The van der Waals surface area contributed by atoms with Crippen molar-refractivity contribution in [1.82, 2.24) is 35.8 Å². The van der Waals surface area contributed by atoms with Crippen molar-refractivity contribution in [2.75, 3.05) is 38.2 Å². The number of hydrogen-bond acceptors (Lipinski definition) is 12. The molecule has 60 heavy (non-hydrogen) atoms. The predicted octanol–water partition coefficient (Wildman–Crippen LogP) is 1.65. The Morgan fingerprint density at radius 3 is 2.43 bits per heavy atom. The van der Waals surface area contributed by atoms with Crippen LogP contribution in [0.2, 0.25) is 0 Å². The lowest BCUT2D eigenvalue weighted by molar-refractivity contribution is -0.152. The van der Waals surface area contributed by atoms with Gasteiger partial charge in [-0.25, -0.2) is 12.7 Å². The summed E-state index contributed by atoms with van der Waals surface area (Å²) < 4.78 is 31.5. The van der Waals surface area contributed by atoms with Gasteiger partial charge in [0, 0.05) is 50.9 Å². The summed E-state index contributed by atoms with van der Waals surface area (Å²) in [5, 5.41) is 14.8. The minimum atomic E-state index is -3.41. The molecule has 2 saturated carbocycles. The molecule has 19 heteroatoms. The van der Waals surface area contributed by atoms with E-state index >= 15 is 0 Å². The number of hydrogen-bond donors (Lipinski definition) is 5. The van der Waals surface area contributed by atoms with Gasteiger partial charge in [-0.1, -0.05) is 38.5 Å². The number of carbonyl (C=O) groups is 7. The number of amides is 7. The van der Waals surface area contributed by atoms with Crippen LogP contribution in [0.25, 0.3) is 0 Å². The molecule has 8 atom stereocenters. The van der Waals surface area contributed by atoms with Gasteiger partial charge in [0.2, 0.25) is 51.4 Å². The van der Waals surface area contributed by atoms with Crippen LogP contribution in [0.15, 0.2) is 0 Å². The van der Waals surface area contributed by atoms with Gasteiger partial charge in [-0.15, -0.1) is 11.8 Å². The molecule has 4 heterocycles. The quantitative estimate of drug-likeness (QED) is 0.0869. The van der Waals surface area contributed by atoms with Crippen LogP contribution in [0.4, 0.5) is 0 Å². The van der Waals surface area contributed by atoms with E-state index in [-0.39, 0.29) is 61.0 Å². The number of carbonyl (C=O) groups excluding carboxylic acids is 7. The minimum absolute atomic E-state index is 0.0550. The number of unbranched alkanes of at least 4 members (excludes halogenated alkanes) is 4. The SMILES string of the molecule is CS(=O)(=O)N1CCC(C(=O)N[C@@H](CCCCNC(=O)CCCCCCOC2CCCC3C(=O)N(C4CCC(=O)NC4=O)C(=O)C23)C(=O)NC2NC(C3CCCCC3)CS2)C1. The normalized spacial score (nSPS) is 29.6. The zero-order valence-corrected chi connectivity index (χ0v) is 36.6. The fourth-order valence-electron chi connectivity index (χ4n) is 9.82. The van der Waals surface area contributed by atoms with E-state index in [2.05, 4.69) is 26.6 Å². The number of imide groups is 2. The molecule has 5 N–H and O–H groups in total. The monoisotopic (exact) mass is 879 g/mol. The van der Waals surface area contributed by atoms with Gasteiger partial charge in [0.15, 0.2) is 0 Å². The summed E-state index contributed by atoms with van der Waals surface area (Å²) in [7, 11) is -3.41. The summed E-state index contributed by atoms with van der Waals surface area (Å²) in [6, 6.07) is -1.38. The molecule has 0 spiro atoms. The Morgan fingerprint density at radius 1 is 0.900 bits per heavy atom. The van der Waals surface area contributed by atoms with Gasteiger partial charge < -0.3 is 20.7 Å². The number of nitrogens with zero attached hydrogens (tertiary/aromatic N) is 2. The van der Waals surface area contributed by atoms with E-state index in [0.717, 1.165) is 42.6 Å². The smallest absolute Gasteiger partial charge is 0.249 e. The third-order valence-electron chi connectivity index (χ3n) is 13.2. The Hall–Kier alpha value is -3.13. The molecule has 6 fully saturated rings. The summed E-state index contributed by atoms with van der Waals surface area (Å²) in [6.07, 6.45) is 14.6. The number of rotatable bonds is 20. The van der Waals surface area contributed by atoms with Crippen LogP contribution in [-0.2, 0) is 48.3 Å². The van der Waals surface area contributed by atoms with Crippen molar-refractivity contribution >= 4 is 63.1 Å². The lowest BCUT2D eigenvalue weighted by Gasteiger charge is -2.30. The first-order valence-electron chi connectivity index (χ1n) is 22.3. The van der Waals surface area contributed by atoms with E-state index < -0.39 is 57.8 Å². The van der Waals surface area contributed by atoms with Crippen molar-refractivity contribution in [3.63, 3.8) is 0 Å². The highest BCUT2D eigenvalue weighted by Gasteiger charge is 2.56. The van der Waals surface area contributed by atoms with Gasteiger partial charge in [-0.05, 0) is 76.5 Å². The molecule has 7 amide bonds. The van der Waals surface area contributed by atoms with E-state index in [1.54, 1.807) is 11.8 Å². The van der Waals surface area contributed by atoms with Crippen LogP contribution in [0, 0.1) is 23.7 Å². The van der Waals surface area contributed by atoms with Crippen LogP contribution in [0.1, 0.15) is 122 Å². The Morgan fingerprint density at radius 2 is 1.68 bits per heavy atom. The van der Waals surface area contributed by atoms with Crippen molar-refractivity contribution in [2.45, 2.75) is 152 Å². The Bertz CT molecular complexity index is 1690. The molecule has 17 nitrogen and oxygen atoms in total. The number of fused-ring (bicyclic) bond motifs is 1. The van der Waals surface area contributed by atoms with Gasteiger partial charge in [0.1, 0.15) is 17.6 Å². The molecule has 4 aliphatic heterocycles. The van der Waals surface area contributed by atoms with Gasteiger partial charge in [0.05, 0.1) is 30.1 Å². The van der Waals surface area contributed by atoms with E-state index in [9.17, 15) is 42.0 Å². The van der Waals surface area contributed by atoms with Gasteiger partial charge in [-0.3, -0.25) is 49.1 Å². The van der Waals surface area contributed by atoms with Crippen LogP contribution in [0.5, 0.6) is 0 Å². The first-order chi connectivity index (χ1) is 28.8. The average molecular weight is 880 g/mol. The second-order valence-corrected chi connectivity index (χ2v) is 20.7. The number of ether oxygens (including phenoxy) is 1. The molecular weight excluding hydrogens is 815 g/mol. The van der Waals surface area contributed by atoms with Crippen LogP contribution >= 0.6 is 11.8 Å². The van der Waals surface area contributed by atoms with Crippen molar-refractivity contribution in [3.05, 3.63) is 0 Å². The molecule has 6 aliphatic rings. The lowest BCUT2D eigenvalue weighted by Crippen LogP contribution is -2.54. The van der Waals surface area contributed by atoms with E-state index in [1.165, 1.54) is 36.4 Å². The van der Waals surface area contributed by atoms with Gasteiger partial charge >= 0.3 is 0 Å². The Balaban J connectivity index is 0.859. The number of nitrogens with one attached hydrogen (secondary N) is 5. The molecule has 7 unspecified atom stereocenters. The standard InChI is InChI=1S/C41H65N7O10S2/c1-60(56,57)47-22-20-27(24-47)36(51)43-29(37(52)46-41-44-30(25-59-41)26-12-5-4-6-13-26)15-8-9-21-42-33(49)17-7-2-3-10-23-58-32-16-11-14-28-35(32)40(55)48(39(28)54)31-18-19-34(50)45-38(31)53/h26-32,35,41,44H,2-25H2,1H3,(H,42,49)(H,43,51)(H,46,52)(H,45,50,53)/t27?,28?,29-,30?,31?,32?,35?,41?/m0/s1. The minimum Gasteiger partial charge on any atom is -0.377 e. The number of likely N-dealkylation sites (tertiary alicyclic amines) is 1. The average Bonchev–Trinajstić information content (AvgIpc) is 3.97. The zero-order valence-electron chi connectivity index (χ0n) is 35.0. The Labute approximate surface area is 358 Å². The second-order valence-electron chi connectivity index (χ2n) is 17.6. The number of thioether (sulfide) groups is 1. The maximum atomic E-state index is 13.6. The maximum absolute atomic E-state index is 13.6. The van der Waals surface area contributed by atoms with Crippen molar-refractivity contribution in [3.8, 4) is 0 Å². The summed E-state index contributed by atoms with van der Waals surface area (Å²) in [5.41, 5.74) is -0.239. The molecule has 2 aliphatic carbocycles. The fourth-order valence-corrected chi connectivity index (χ4v) is 11.9. The molecule has 0 bridgehead atoms. The molecule has 4 saturated heterocycles. The fraction of sp³-hybridized carbons (Fsp3) is 0.829. The third-order valence-corrected chi connectivity index (χ3v) is 15.6. The van der Waals surface area contributed by atoms with Crippen LogP contribution in [0.3, 0.4) is 0 Å². The molecule has 0 aromatic heterocycles. The second kappa shape index (κ2) is 21.8. The van der Waals surface area contributed by atoms with Gasteiger partial charge in [-0.2, -0.15) is 0 Å². The van der Waals surface area contributed by atoms with Crippen molar-refractivity contribution in [2.24, 2.45) is 23.7 Å². The number of piperidine rings is 1. The largest absolute Gasteiger partial charge is 0.377 e. The van der Waals surface area contributed by atoms with Gasteiger partial charge in [0.25, 0.3) is 0 Å². The predicted molar refractivity (Wildman–Crippen MR) is 223 cm³/mol.